The highest BCUT2D eigenvalue weighted by molar-refractivity contribution is 7.98. The predicted molar refractivity (Wildman–Crippen MR) is 70.7 cm³/mol. The van der Waals surface area contributed by atoms with E-state index in [-0.39, 0.29) is 0 Å². The van der Waals surface area contributed by atoms with E-state index in [2.05, 4.69) is 35.4 Å². The van der Waals surface area contributed by atoms with E-state index in [9.17, 15) is 0 Å². The molecule has 1 saturated heterocycles. The molecule has 1 aromatic rings. The number of hydrogen-bond acceptors (Lipinski definition) is 3. The van der Waals surface area contributed by atoms with Gasteiger partial charge in [-0.15, -0.1) is 11.8 Å². The first-order valence-electron chi connectivity index (χ1n) is 5.89. The molecule has 2 rings (SSSR count). The van der Waals surface area contributed by atoms with Crippen LogP contribution in [0.15, 0.2) is 29.2 Å². The normalized spacial score (nSPS) is 22.2. The summed E-state index contributed by atoms with van der Waals surface area (Å²) in [5.74, 6) is 0. The van der Waals surface area contributed by atoms with E-state index in [0.29, 0.717) is 6.04 Å². The van der Waals surface area contributed by atoms with Crippen molar-refractivity contribution in [3.63, 3.8) is 0 Å². The van der Waals surface area contributed by atoms with Crippen molar-refractivity contribution < 1.29 is 0 Å². The summed E-state index contributed by atoms with van der Waals surface area (Å²) >= 11 is 1.79. The maximum absolute atomic E-state index is 5.98. The van der Waals surface area contributed by atoms with Crippen LogP contribution in [0, 0.1) is 0 Å². The Labute approximate surface area is 102 Å². The van der Waals surface area contributed by atoms with Crippen LogP contribution in [0.4, 0.5) is 0 Å². The van der Waals surface area contributed by atoms with Gasteiger partial charge in [0.2, 0.25) is 0 Å². The first-order chi connectivity index (χ1) is 7.78. The predicted octanol–water partition coefficient (Wildman–Crippen LogP) is 2.33. The topological polar surface area (TPSA) is 29.3 Å². The van der Waals surface area contributed by atoms with Crippen molar-refractivity contribution in [1.29, 1.82) is 0 Å². The van der Waals surface area contributed by atoms with E-state index in [0.717, 1.165) is 13.1 Å². The Bertz CT molecular complexity index is 323. The van der Waals surface area contributed by atoms with Gasteiger partial charge in [0.25, 0.3) is 0 Å². The molecule has 0 saturated carbocycles. The zero-order valence-electron chi connectivity index (χ0n) is 9.86. The summed E-state index contributed by atoms with van der Waals surface area (Å²) in [7, 11) is 0. The molecule has 1 unspecified atom stereocenters. The fourth-order valence-electron chi connectivity index (χ4n) is 2.22. The number of benzene rings is 1. The van der Waals surface area contributed by atoms with Crippen LogP contribution >= 0.6 is 11.8 Å². The SMILES string of the molecule is CSc1ccc(CN2CCCC(N)C2)cc1. The molecular formula is C13H20N2S. The molecule has 0 spiro atoms. The number of rotatable bonds is 3. The number of nitrogens with two attached hydrogens (primary N) is 1. The lowest BCUT2D eigenvalue weighted by atomic mass is 10.1. The van der Waals surface area contributed by atoms with Gasteiger partial charge in [-0.05, 0) is 43.3 Å². The van der Waals surface area contributed by atoms with Crippen molar-refractivity contribution in [2.45, 2.75) is 30.3 Å². The van der Waals surface area contributed by atoms with Crippen LogP contribution in [0.25, 0.3) is 0 Å². The summed E-state index contributed by atoms with van der Waals surface area (Å²) < 4.78 is 0. The summed E-state index contributed by atoms with van der Waals surface area (Å²) in [6.45, 7) is 3.28. The van der Waals surface area contributed by atoms with Crippen molar-refractivity contribution in [3.8, 4) is 0 Å². The summed E-state index contributed by atoms with van der Waals surface area (Å²) in [6.07, 6.45) is 4.53. The summed E-state index contributed by atoms with van der Waals surface area (Å²) in [4.78, 5) is 3.79. The Hall–Kier alpha value is -0.510. The zero-order chi connectivity index (χ0) is 11.4. The minimum atomic E-state index is 0.374. The second kappa shape index (κ2) is 5.71. The second-order valence-corrected chi connectivity index (χ2v) is 5.37. The molecule has 1 fully saturated rings. The molecule has 0 amide bonds. The number of likely N-dealkylation sites (tertiary alicyclic amines) is 1. The van der Waals surface area contributed by atoms with Crippen LogP contribution in [0.3, 0.4) is 0 Å². The van der Waals surface area contributed by atoms with Gasteiger partial charge in [-0.1, -0.05) is 12.1 Å². The van der Waals surface area contributed by atoms with Gasteiger partial charge < -0.3 is 5.73 Å². The quantitative estimate of drug-likeness (QED) is 0.817. The second-order valence-electron chi connectivity index (χ2n) is 4.49. The van der Waals surface area contributed by atoms with E-state index in [1.807, 2.05) is 0 Å². The molecule has 2 nitrogen and oxygen atoms in total. The molecule has 0 radical (unpaired) electrons. The first kappa shape index (κ1) is 12.0. The minimum absolute atomic E-state index is 0.374. The third-order valence-electron chi connectivity index (χ3n) is 3.11. The Morgan fingerprint density at radius 1 is 1.38 bits per heavy atom. The largest absolute Gasteiger partial charge is 0.327 e. The molecule has 1 atom stereocenters. The number of hydrogen-bond donors (Lipinski definition) is 1. The molecule has 88 valence electrons. The first-order valence-corrected chi connectivity index (χ1v) is 7.11. The molecule has 1 heterocycles. The molecule has 2 N–H and O–H groups in total. The molecule has 0 aliphatic carbocycles. The van der Waals surface area contributed by atoms with Gasteiger partial charge in [0.1, 0.15) is 0 Å². The van der Waals surface area contributed by atoms with Crippen LogP contribution in [-0.4, -0.2) is 30.3 Å². The van der Waals surface area contributed by atoms with Crippen molar-refractivity contribution in [2.24, 2.45) is 5.73 Å². The molecule has 1 aromatic carbocycles. The van der Waals surface area contributed by atoms with E-state index >= 15 is 0 Å². The Morgan fingerprint density at radius 3 is 2.75 bits per heavy atom. The highest BCUT2D eigenvalue weighted by Gasteiger charge is 2.16. The summed E-state index contributed by atoms with van der Waals surface area (Å²) in [5, 5.41) is 0. The van der Waals surface area contributed by atoms with Crippen LogP contribution in [-0.2, 0) is 6.54 Å². The van der Waals surface area contributed by atoms with Gasteiger partial charge in [-0.25, -0.2) is 0 Å². The number of nitrogens with zero attached hydrogens (tertiary/aromatic N) is 1. The van der Waals surface area contributed by atoms with Crippen molar-refractivity contribution in [2.75, 3.05) is 19.3 Å². The highest BCUT2D eigenvalue weighted by atomic mass is 32.2. The van der Waals surface area contributed by atoms with E-state index < -0.39 is 0 Å². The lowest BCUT2D eigenvalue weighted by Crippen LogP contribution is -2.42. The average molecular weight is 236 g/mol. The number of thioether (sulfide) groups is 1. The van der Waals surface area contributed by atoms with Crippen molar-refractivity contribution >= 4 is 11.8 Å². The van der Waals surface area contributed by atoms with E-state index in [1.165, 1.54) is 29.8 Å². The summed E-state index contributed by atoms with van der Waals surface area (Å²) in [5.41, 5.74) is 7.37. The molecule has 0 bridgehead atoms. The van der Waals surface area contributed by atoms with E-state index in [4.69, 9.17) is 5.73 Å². The molecule has 3 heteroatoms. The fraction of sp³-hybridized carbons (Fsp3) is 0.538. The van der Waals surface area contributed by atoms with Crippen LogP contribution < -0.4 is 5.73 Å². The smallest absolute Gasteiger partial charge is 0.0234 e. The Morgan fingerprint density at radius 2 is 2.12 bits per heavy atom. The molecule has 16 heavy (non-hydrogen) atoms. The lowest BCUT2D eigenvalue weighted by molar-refractivity contribution is 0.201. The Kier molecular flexibility index (Phi) is 4.27. The van der Waals surface area contributed by atoms with Gasteiger partial charge in [0, 0.05) is 24.0 Å². The monoisotopic (exact) mass is 236 g/mol. The Balaban J connectivity index is 1.92. The standard InChI is InChI=1S/C13H20N2S/c1-16-13-6-4-11(5-7-13)9-15-8-2-3-12(14)10-15/h4-7,12H,2-3,8-10,14H2,1H3. The van der Waals surface area contributed by atoms with Gasteiger partial charge >= 0.3 is 0 Å². The third-order valence-corrected chi connectivity index (χ3v) is 3.85. The highest BCUT2D eigenvalue weighted by Crippen LogP contribution is 2.17. The fourth-order valence-corrected chi connectivity index (χ4v) is 2.63. The van der Waals surface area contributed by atoms with Crippen LogP contribution in [0.1, 0.15) is 18.4 Å². The van der Waals surface area contributed by atoms with Gasteiger partial charge in [0.15, 0.2) is 0 Å². The van der Waals surface area contributed by atoms with Gasteiger partial charge in [0.05, 0.1) is 0 Å². The zero-order valence-corrected chi connectivity index (χ0v) is 10.7. The minimum Gasteiger partial charge on any atom is -0.327 e. The molecule has 0 aromatic heterocycles. The maximum atomic E-state index is 5.98. The summed E-state index contributed by atoms with van der Waals surface area (Å²) in [6, 6.07) is 9.23. The van der Waals surface area contributed by atoms with Crippen molar-refractivity contribution in [1.82, 2.24) is 4.90 Å². The molecule has 1 aliphatic rings. The molecule has 1 aliphatic heterocycles. The van der Waals surface area contributed by atoms with E-state index in [1.54, 1.807) is 11.8 Å². The van der Waals surface area contributed by atoms with Gasteiger partial charge in [-0.2, -0.15) is 0 Å². The maximum Gasteiger partial charge on any atom is 0.0234 e. The van der Waals surface area contributed by atoms with Crippen molar-refractivity contribution in [3.05, 3.63) is 29.8 Å². The third kappa shape index (κ3) is 3.24. The van der Waals surface area contributed by atoms with Gasteiger partial charge in [-0.3, -0.25) is 4.90 Å². The number of piperidine rings is 1. The molecular weight excluding hydrogens is 216 g/mol. The average Bonchev–Trinajstić information content (AvgIpc) is 2.30. The van der Waals surface area contributed by atoms with Crippen LogP contribution in [0.2, 0.25) is 0 Å². The van der Waals surface area contributed by atoms with Crippen LogP contribution in [0.5, 0.6) is 0 Å². The lowest BCUT2D eigenvalue weighted by Gasteiger charge is -2.30.